The molecule has 2 N–H and O–H groups in total. The zero-order valence-corrected chi connectivity index (χ0v) is 12.9. The minimum absolute atomic E-state index is 0.0344. The summed E-state index contributed by atoms with van der Waals surface area (Å²) in [5.74, 6) is 0.771. The van der Waals surface area contributed by atoms with Crippen molar-refractivity contribution in [1.29, 1.82) is 0 Å². The van der Waals surface area contributed by atoms with Gasteiger partial charge in [-0.1, -0.05) is 39.5 Å². The molecule has 0 aliphatic heterocycles. The number of hydrogen-bond donors (Lipinski definition) is 2. The number of amides is 1. The lowest BCUT2D eigenvalue weighted by Crippen LogP contribution is -2.36. The van der Waals surface area contributed by atoms with E-state index in [1.807, 2.05) is 0 Å². The molecule has 1 aliphatic rings. The molecule has 3 heteroatoms. The molecular formula is C16H31NO2. The lowest BCUT2D eigenvalue weighted by molar-refractivity contribution is -0.122. The highest BCUT2D eigenvalue weighted by Gasteiger charge is 2.22. The fourth-order valence-electron chi connectivity index (χ4n) is 3.11. The second-order valence-electron chi connectivity index (χ2n) is 7.06. The van der Waals surface area contributed by atoms with Crippen LogP contribution in [0.5, 0.6) is 0 Å². The molecule has 1 amide bonds. The van der Waals surface area contributed by atoms with E-state index in [-0.39, 0.29) is 17.4 Å². The number of aliphatic hydroxyl groups is 1. The van der Waals surface area contributed by atoms with E-state index in [2.05, 4.69) is 19.2 Å². The average molecular weight is 269 g/mol. The molecule has 1 atom stereocenters. The first kappa shape index (κ1) is 16.5. The molecule has 0 spiro atoms. The van der Waals surface area contributed by atoms with Gasteiger partial charge in [-0.2, -0.15) is 0 Å². The number of aliphatic hydroxyl groups excluding tert-OH is 1. The fraction of sp³-hybridized carbons (Fsp3) is 0.938. The van der Waals surface area contributed by atoms with Crippen LogP contribution in [0.1, 0.15) is 72.1 Å². The van der Waals surface area contributed by atoms with Gasteiger partial charge in [-0.05, 0) is 37.5 Å². The molecule has 0 aromatic carbocycles. The zero-order chi connectivity index (χ0) is 14.3. The zero-order valence-electron chi connectivity index (χ0n) is 12.9. The minimum Gasteiger partial charge on any atom is -0.393 e. The van der Waals surface area contributed by atoms with Crippen molar-refractivity contribution >= 4 is 5.91 Å². The first-order valence-electron chi connectivity index (χ1n) is 7.84. The number of rotatable bonds is 6. The van der Waals surface area contributed by atoms with Crippen molar-refractivity contribution in [2.45, 2.75) is 78.2 Å². The standard InChI is InChI=1S/C16H31NO2/c1-13(18)11-16(2,3)12-17-15(19)10-14-8-6-4-5-7-9-14/h13-14,18H,4-12H2,1-3H3,(H,17,19). The molecule has 1 saturated carbocycles. The molecule has 0 saturated heterocycles. The molecule has 0 aromatic heterocycles. The summed E-state index contributed by atoms with van der Waals surface area (Å²) < 4.78 is 0. The maximum atomic E-state index is 12.0. The minimum atomic E-state index is -0.311. The Labute approximate surface area is 118 Å². The molecule has 0 heterocycles. The van der Waals surface area contributed by atoms with Crippen molar-refractivity contribution in [3.8, 4) is 0 Å². The van der Waals surface area contributed by atoms with Crippen LogP contribution in [0.2, 0.25) is 0 Å². The normalized spacial score (nSPS) is 19.8. The monoisotopic (exact) mass is 269 g/mol. The van der Waals surface area contributed by atoms with Crippen molar-refractivity contribution in [3.63, 3.8) is 0 Å². The molecular weight excluding hydrogens is 238 g/mol. The highest BCUT2D eigenvalue weighted by molar-refractivity contribution is 5.76. The van der Waals surface area contributed by atoms with Crippen molar-refractivity contribution in [1.82, 2.24) is 5.32 Å². The third kappa shape index (κ3) is 7.56. The highest BCUT2D eigenvalue weighted by atomic mass is 16.3. The van der Waals surface area contributed by atoms with Gasteiger partial charge in [0.1, 0.15) is 0 Å². The van der Waals surface area contributed by atoms with E-state index >= 15 is 0 Å². The summed E-state index contributed by atoms with van der Waals surface area (Å²) in [6.07, 6.45) is 8.75. The lowest BCUT2D eigenvalue weighted by Gasteiger charge is -2.26. The van der Waals surface area contributed by atoms with Crippen LogP contribution in [0, 0.1) is 11.3 Å². The number of nitrogens with one attached hydrogen (secondary N) is 1. The first-order valence-corrected chi connectivity index (χ1v) is 7.84. The Morgan fingerprint density at radius 1 is 1.26 bits per heavy atom. The van der Waals surface area contributed by atoms with Gasteiger partial charge in [0.15, 0.2) is 0 Å². The molecule has 0 aromatic rings. The van der Waals surface area contributed by atoms with Crippen LogP contribution >= 0.6 is 0 Å². The van der Waals surface area contributed by atoms with Crippen LogP contribution in [-0.2, 0) is 4.79 Å². The topological polar surface area (TPSA) is 49.3 Å². The quantitative estimate of drug-likeness (QED) is 0.727. The Bertz CT molecular complexity index is 266. The Balaban J connectivity index is 2.26. The third-order valence-corrected chi connectivity index (χ3v) is 4.06. The molecule has 1 fully saturated rings. The molecule has 3 nitrogen and oxygen atoms in total. The Kier molecular flexibility index (Phi) is 6.84. The Morgan fingerprint density at radius 3 is 2.37 bits per heavy atom. The Hall–Kier alpha value is -0.570. The SMILES string of the molecule is CC(O)CC(C)(C)CNC(=O)CC1CCCCCC1. The van der Waals surface area contributed by atoms with Crippen molar-refractivity contribution in [2.24, 2.45) is 11.3 Å². The summed E-state index contributed by atoms with van der Waals surface area (Å²) in [7, 11) is 0. The van der Waals surface area contributed by atoms with Crippen LogP contribution in [-0.4, -0.2) is 23.7 Å². The summed E-state index contributed by atoms with van der Waals surface area (Å²) in [4.78, 5) is 12.0. The number of carbonyl (C=O) groups excluding carboxylic acids is 1. The Morgan fingerprint density at radius 2 is 1.84 bits per heavy atom. The molecule has 0 bridgehead atoms. The largest absolute Gasteiger partial charge is 0.393 e. The fourth-order valence-corrected chi connectivity index (χ4v) is 3.11. The second kappa shape index (κ2) is 7.88. The maximum Gasteiger partial charge on any atom is 0.220 e. The molecule has 1 aliphatic carbocycles. The van der Waals surface area contributed by atoms with Crippen molar-refractivity contribution < 1.29 is 9.90 Å². The predicted octanol–water partition coefficient (Wildman–Crippen LogP) is 3.26. The first-order chi connectivity index (χ1) is 8.89. The van der Waals surface area contributed by atoms with Gasteiger partial charge in [-0.15, -0.1) is 0 Å². The van der Waals surface area contributed by atoms with Gasteiger partial charge in [0.25, 0.3) is 0 Å². The summed E-state index contributed by atoms with van der Waals surface area (Å²) in [5.41, 5.74) is -0.0344. The van der Waals surface area contributed by atoms with Crippen LogP contribution in [0.4, 0.5) is 0 Å². The number of hydrogen-bond acceptors (Lipinski definition) is 2. The molecule has 1 rings (SSSR count). The van der Waals surface area contributed by atoms with E-state index in [9.17, 15) is 9.90 Å². The van der Waals surface area contributed by atoms with Gasteiger partial charge in [-0.3, -0.25) is 4.79 Å². The summed E-state index contributed by atoms with van der Waals surface area (Å²) in [6.45, 7) is 6.63. The van der Waals surface area contributed by atoms with Gasteiger partial charge >= 0.3 is 0 Å². The molecule has 1 unspecified atom stereocenters. The average Bonchev–Trinajstić information content (AvgIpc) is 2.53. The van der Waals surface area contributed by atoms with Gasteiger partial charge < -0.3 is 10.4 Å². The second-order valence-corrected chi connectivity index (χ2v) is 7.06. The summed E-state index contributed by atoms with van der Waals surface area (Å²) >= 11 is 0. The van der Waals surface area contributed by atoms with Crippen LogP contribution in [0.15, 0.2) is 0 Å². The van der Waals surface area contributed by atoms with Crippen LogP contribution < -0.4 is 5.32 Å². The van der Waals surface area contributed by atoms with E-state index < -0.39 is 0 Å². The van der Waals surface area contributed by atoms with E-state index in [0.29, 0.717) is 18.9 Å². The summed E-state index contributed by atoms with van der Waals surface area (Å²) in [6, 6.07) is 0. The molecule has 112 valence electrons. The lowest BCUT2D eigenvalue weighted by atomic mass is 9.87. The van der Waals surface area contributed by atoms with Crippen molar-refractivity contribution in [2.75, 3.05) is 6.54 Å². The smallest absolute Gasteiger partial charge is 0.220 e. The number of carbonyl (C=O) groups is 1. The predicted molar refractivity (Wildman–Crippen MR) is 78.9 cm³/mol. The third-order valence-electron chi connectivity index (χ3n) is 4.06. The van der Waals surface area contributed by atoms with E-state index in [1.54, 1.807) is 6.92 Å². The van der Waals surface area contributed by atoms with Crippen molar-refractivity contribution in [3.05, 3.63) is 0 Å². The van der Waals surface area contributed by atoms with E-state index in [0.717, 1.165) is 6.42 Å². The van der Waals surface area contributed by atoms with Crippen LogP contribution in [0.25, 0.3) is 0 Å². The van der Waals surface area contributed by atoms with Gasteiger partial charge in [0, 0.05) is 13.0 Å². The molecule has 19 heavy (non-hydrogen) atoms. The van der Waals surface area contributed by atoms with Crippen LogP contribution in [0.3, 0.4) is 0 Å². The highest BCUT2D eigenvalue weighted by Crippen LogP contribution is 2.26. The van der Waals surface area contributed by atoms with E-state index in [4.69, 9.17) is 0 Å². The van der Waals surface area contributed by atoms with Gasteiger partial charge in [0.2, 0.25) is 5.91 Å². The van der Waals surface area contributed by atoms with Gasteiger partial charge in [-0.25, -0.2) is 0 Å². The summed E-state index contributed by atoms with van der Waals surface area (Å²) in [5, 5.41) is 12.5. The van der Waals surface area contributed by atoms with Gasteiger partial charge in [0.05, 0.1) is 6.10 Å². The maximum absolute atomic E-state index is 12.0. The molecule has 0 radical (unpaired) electrons. The van der Waals surface area contributed by atoms with E-state index in [1.165, 1.54) is 38.5 Å².